The molecule has 0 bridgehead atoms. The maximum absolute atomic E-state index is 13.8. The number of fused-ring (bicyclic) bond motifs is 1. The Labute approximate surface area is 234 Å². The van der Waals surface area contributed by atoms with E-state index in [0.717, 1.165) is 67.3 Å². The minimum absolute atomic E-state index is 0.0884. The van der Waals surface area contributed by atoms with Crippen LogP contribution in [0.15, 0.2) is 42.5 Å². The van der Waals surface area contributed by atoms with Gasteiger partial charge in [-0.3, -0.25) is 4.79 Å². The zero-order chi connectivity index (χ0) is 26.6. The van der Waals surface area contributed by atoms with Crippen molar-refractivity contribution in [3.8, 4) is 5.69 Å². The van der Waals surface area contributed by atoms with Crippen LogP contribution < -0.4 is 5.32 Å². The van der Waals surface area contributed by atoms with Gasteiger partial charge in [0.1, 0.15) is 5.82 Å². The monoisotopic (exact) mass is 553 g/mol. The number of nitrogens with one attached hydrogen (secondary N) is 1. The molecule has 0 aliphatic heterocycles. The summed E-state index contributed by atoms with van der Waals surface area (Å²) < 4.78 is 15.4. The molecule has 4 nitrogen and oxygen atoms in total. The van der Waals surface area contributed by atoms with Crippen LogP contribution in [-0.2, 0) is 6.42 Å². The number of allylic oxidation sites excluding steroid dienone is 1. The smallest absolute Gasteiger partial charge is 0.272 e. The van der Waals surface area contributed by atoms with E-state index in [1.807, 2.05) is 10.7 Å². The largest absolute Gasteiger partial charge is 0.348 e. The first-order valence-corrected chi connectivity index (χ1v) is 14.5. The normalized spacial score (nSPS) is 18.5. The van der Waals surface area contributed by atoms with Gasteiger partial charge in [-0.25, -0.2) is 9.07 Å². The molecule has 200 valence electrons. The van der Waals surface area contributed by atoms with Gasteiger partial charge in [-0.1, -0.05) is 61.0 Å². The highest BCUT2D eigenvalue weighted by Gasteiger charge is 2.29. The minimum atomic E-state index is -0.269. The molecule has 0 spiro atoms. The Morgan fingerprint density at radius 3 is 2.47 bits per heavy atom. The van der Waals surface area contributed by atoms with Crippen LogP contribution in [0, 0.1) is 11.7 Å². The lowest BCUT2D eigenvalue weighted by atomic mass is 9.84. The predicted octanol–water partition coefficient (Wildman–Crippen LogP) is 8.67. The number of carbonyl (C=O) groups is 1. The molecule has 1 amide bonds. The van der Waals surface area contributed by atoms with Crippen LogP contribution in [0.3, 0.4) is 0 Å². The zero-order valence-electron chi connectivity index (χ0n) is 21.8. The van der Waals surface area contributed by atoms with Gasteiger partial charge in [0.25, 0.3) is 5.91 Å². The summed E-state index contributed by atoms with van der Waals surface area (Å²) in [5, 5.41) is 9.20. The molecule has 1 saturated carbocycles. The first kappa shape index (κ1) is 27.0. The third kappa shape index (κ3) is 6.00. The second-order valence-corrected chi connectivity index (χ2v) is 11.5. The van der Waals surface area contributed by atoms with Gasteiger partial charge in [0.2, 0.25) is 0 Å². The summed E-state index contributed by atoms with van der Waals surface area (Å²) in [6.07, 6.45) is 12.7. The van der Waals surface area contributed by atoms with Gasteiger partial charge in [0, 0.05) is 16.6 Å². The molecule has 1 heterocycles. The molecule has 3 aromatic rings. The number of nitrogens with zero attached hydrogens (tertiary/aromatic N) is 2. The van der Waals surface area contributed by atoms with Gasteiger partial charge in [-0.2, -0.15) is 5.10 Å². The molecular formula is C31H34Cl2FN3O. The maximum Gasteiger partial charge on any atom is 0.272 e. The van der Waals surface area contributed by atoms with E-state index in [9.17, 15) is 9.18 Å². The number of hydrogen-bond donors (Lipinski definition) is 1. The molecular weight excluding hydrogens is 520 g/mol. The number of halogens is 3. The fraction of sp³-hybridized carbons (Fsp3) is 0.419. The second kappa shape index (κ2) is 12.0. The zero-order valence-corrected chi connectivity index (χ0v) is 23.3. The second-order valence-electron chi connectivity index (χ2n) is 10.6. The summed E-state index contributed by atoms with van der Waals surface area (Å²) in [5.74, 6) is 0.0932. The Bertz CT molecular complexity index is 1330. The van der Waals surface area contributed by atoms with E-state index in [-0.39, 0.29) is 17.8 Å². The highest BCUT2D eigenvalue weighted by molar-refractivity contribution is 6.35. The first-order chi connectivity index (χ1) is 18.4. The molecule has 1 fully saturated rings. The summed E-state index contributed by atoms with van der Waals surface area (Å²) in [6.45, 7) is 2.12. The quantitative estimate of drug-likeness (QED) is 0.343. The summed E-state index contributed by atoms with van der Waals surface area (Å²) in [7, 11) is 0. The number of amides is 1. The van der Waals surface area contributed by atoms with Crippen molar-refractivity contribution in [3.63, 3.8) is 0 Å². The van der Waals surface area contributed by atoms with Crippen molar-refractivity contribution in [1.29, 1.82) is 0 Å². The highest BCUT2D eigenvalue weighted by atomic mass is 35.5. The molecule has 2 aromatic carbocycles. The van der Waals surface area contributed by atoms with Crippen LogP contribution in [-0.4, -0.2) is 21.7 Å². The van der Waals surface area contributed by atoms with E-state index in [2.05, 4.69) is 18.3 Å². The molecule has 0 radical (unpaired) electrons. The predicted molar refractivity (Wildman–Crippen MR) is 154 cm³/mol. The molecule has 1 aromatic heterocycles. The average molecular weight is 555 g/mol. The van der Waals surface area contributed by atoms with Crippen LogP contribution in [0.5, 0.6) is 0 Å². The van der Waals surface area contributed by atoms with Crippen molar-refractivity contribution in [2.24, 2.45) is 5.92 Å². The Morgan fingerprint density at radius 2 is 1.74 bits per heavy atom. The van der Waals surface area contributed by atoms with Crippen molar-refractivity contribution in [2.75, 3.05) is 0 Å². The SMILES string of the molecule is C[C@@H](NC(=O)c1nn(-c2ccc(Cl)cc2Cl)c2c1CCCCCC2=Cc1ccc(F)cc1)C1CCCCC1. The van der Waals surface area contributed by atoms with Crippen LogP contribution in [0.4, 0.5) is 4.39 Å². The summed E-state index contributed by atoms with van der Waals surface area (Å²) >= 11 is 12.9. The maximum atomic E-state index is 13.8. The summed E-state index contributed by atoms with van der Waals surface area (Å²) in [5.41, 5.74) is 4.94. The van der Waals surface area contributed by atoms with Gasteiger partial charge in [0.15, 0.2) is 5.69 Å². The van der Waals surface area contributed by atoms with Gasteiger partial charge in [0.05, 0.1) is 16.4 Å². The number of carbonyl (C=O) groups excluding carboxylic acids is 1. The molecule has 0 saturated heterocycles. The minimum Gasteiger partial charge on any atom is -0.348 e. The van der Waals surface area contributed by atoms with E-state index in [1.165, 1.54) is 31.4 Å². The average Bonchev–Trinajstić information content (AvgIpc) is 3.26. The molecule has 2 aliphatic carbocycles. The summed E-state index contributed by atoms with van der Waals surface area (Å²) in [4.78, 5) is 13.8. The lowest BCUT2D eigenvalue weighted by Gasteiger charge is -2.28. The molecule has 1 atom stereocenters. The van der Waals surface area contributed by atoms with Gasteiger partial charge < -0.3 is 5.32 Å². The molecule has 0 unspecified atom stereocenters. The van der Waals surface area contributed by atoms with Crippen molar-refractivity contribution < 1.29 is 9.18 Å². The number of hydrogen-bond acceptors (Lipinski definition) is 2. The highest BCUT2D eigenvalue weighted by Crippen LogP contribution is 2.36. The van der Waals surface area contributed by atoms with Crippen LogP contribution in [0.25, 0.3) is 17.3 Å². The van der Waals surface area contributed by atoms with Crippen molar-refractivity contribution in [3.05, 3.63) is 80.8 Å². The lowest BCUT2D eigenvalue weighted by molar-refractivity contribution is 0.0912. The number of benzene rings is 2. The molecule has 5 rings (SSSR count). The van der Waals surface area contributed by atoms with Crippen molar-refractivity contribution >= 4 is 40.8 Å². The Morgan fingerprint density at radius 1 is 1.03 bits per heavy atom. The van der Waals surface area contributed by atoms with E-state index < -0.39 is 0 Å². The van der Waals surface area contributed by atoms with Gasteiger partial charge >= 0.3 is 0 Å². The van der Waals surface area contributed by atoms with Crippen LogP contribution >= 0.6 is 23.2 Å². The van der Waals surface area contributed by atoms with Crippen molar-refractivity contribution in [2.45, 2.75) is 77.2 Å². The Kier molecular flexibility index (Phi) is 8.54. The first-order valence-electron chi connectivity index (χ1n) is 13.8. The van der Waals surface area contributed by atoms with E-state index in [4.69, 9.17) is 28.3 Å². The molecule has 38 heavy (non-hydrogen) atoms. The Hall–Kier alpha value is -2.63. The topological polar surface area (TPSA) is 46.9 Å². The van der Waals surface area contributed by atoms with Gasteiger partial charge in [-0.05, 0) is 98.9 Å². The van der Waals surface area contributed by atoms with E-state index in [1.54, 1.807) is 24.3 Å². The van der Waals surface area contributed by atoms with Crippen LogP contribution in [0.2, 0.25) is 10.0 Å². The standard InChI is InChI=1S/C31H34Cl2FN3O/c1-20(22-8-4-2-5-9-22)35-31(38)29-26-11-7-3-6-10-23(18-21-12-15-25(34)16-13-21)30(26)37(36-29)28-17-14-24(32)19-27(28)33/h12-20,22H,2-11H2,1H3,(H,35,38)/t20-/m1/s1. The fourth-order valence-electron chi connectivity index (χ4n) is 5.87. The molecule has 2 aliphatic rings. The van der Waals surface area contributed by atoms with E-state index >= 15 is 0 Å². The van der Waals surface area contributed by atoms with E-state index in [0.29, 0.717) is 27.3 Å². The summed E-state index contributed by atoms with van der Waals surface area (Å²) in [6, 6.07) is 11.9. The lowest BCUT2D eigenvalue weighted by Crippen LogP contribution is -2.39. The number of aromatic nitrogens is 2. The third-order valence-corrected chi connectivity index (χ3v) is 8.48. The molecule has 7 heteroatoms. The Balaban J connectivity index is 1.62. The van der Waals surface area contributed by atoms with Crippen molar-refractivity contribution in [1.82, 2.24) is 15.1 Å². The van der Waals surface area contributed by atoms with Crippen LogP contribution in [0.1, 0.15) is 92.0 Å². The fourth-order valence-corrected chi connectivity index (χ4v) is 6.36. The van der Waals surface area contributed by atoms with Gasteiger partial charge in [-0.15, -0.1) is 0 Å². The third-order valence-electron chi connectivity index (χ3n) is 7.94. The number of rotatable bonds is 5. The molecule has 1 N–H and O–H groups in total.